The van der Waals surface area contributed by atoms with Crippen LogP contribution in [0.5, 0.6) is 0 Å². The molecule has 1 aromatic carbocycles. The number of hydrogen-bond donors (Lipinski definition) is 4. The Bertz CT molecular complexity index is 838. The lowest BCUT2D eigenvalue weighted by molar-refractivity contribution is 0.191. The molecule has 1 rings (SSSR count). The van der Waals surface area contributed by atoms with E-state index in [4.69, 9.17) is 19.9 Å². The summed E-state index contributed by atoms with van der Waals surface area (Å²) in [4.78, 5) is 26.2. The van der Waals surface area contributed by atoms with Crippen molar-refractivity contribution < 1.29 is 32.6 Å². The maximum absolute atomic E-state index is 11.3. The lowest BCUT2D eigenvalue weighted by atomic mass is 10.1. The molecule has 0 radical (unpaired) electrons. The molecular formula is C17H24N2O7P2. The largest absolute Gasteiger partial charge is 0.481 e. The number of phosphoric acid groups is 2. The van der Waals surface area contributed by atoms with Crippen LogP contribution in [-0.2, 0) is 18.0 Å². The smallest absolute Gasteiger partial charge is 0.381 e. The highest BCUT2D eigenvalue weighted by molar-refractivity contribution is 7.60. The number of rotatable bonds is 11. The number of nitriles is 1. The Morgan fingerprint density at radius 1 is 1.14 bits per heavy atom. The summed E-state index contributed by atoms with van der Waals surface area (Å²) in [6.45, 7) is 4.15. The standard InChI is InChI=1S/C17H24N2O7P2/c1-14(10-11-25-28(23,24)26-27(20,21)22)4-3-5-15(2)13-19-17-8-6-16(12-18)7-9-17/h5-10,19H,3-4,11,13H2,1-2H3,(H,23,24)(H2,20,21,22). The molecule has 0 aliphatic heterocycles. The van der Waals surface area contributed by atoms with E-state index in [9.17, 15) is 9.13 Å². The average molecular weight is 430 g/mol. The third-order valence-corrected chi connectivity index (χ3v) is 5.65. The SMILES string of the molecule is CC(=CCOP(=O)(O)OP(=O)(O)O)CCC=C(C)CNc1ccc(C#N)cc1. The summed E-state index contributed by atoms with van der Waals surface area (Å²) in [5, 5.41) is 12.0. The molecule has 0 fully saturated rings. The van der Waals surface area contributed by atoms with Crippen LogP contribution in [0.2, 0.25) is 0 Å². The lowest BCUT2D eigenvalue weighted by Gasteiger charge is -2.11. The summed E-state index contributed by atoms with van der Waals surface area (Å²) >= 11 is 0. The second-order valence-corrected chi connectivity index (χ2v) is 8.85. The first-order valence-corrected chi connectivity index (χ1v) is 11.3. The average Bonchev–Trinajstić information content (AvgIpc) is 2.58. The van der Waals surface area contributed by atoms with E-state index in [-0.39, 0.29) is 6.61 Å². The summed E-state index contributed by atoms with van der Waals surface area (Å²) in [5.74, 6) is 0. The van der Waals surface area contributed by atoms with Gasteiger partial charge in [0.25, 0.3) is 0 Å². The Hall–Kier alpha value is -1.75. The highest BCUT2D eigenvalue weighted by atomic mass is 31.3. The van der Waals surface area contributed by atoms with E-state index in [1.54, 1.807) is 18.2 Å². The molecule has 11 heteroatoms. The van der Waals surface area contributed by atoms with Gasteiger partial charge in [-0.2, -0.15) is 9.57 Å². The molecule has 1 unspecified atom stereocenters. The molecule has 28 heavy (non-hydrogen) atoms. The van der Waals surface area contributed by atoms with Crippen LogP contribution in [-0.4, -0.2) is 27.8 Å². The van der Waals surface area contributed by atoms with E-state index in [1.807, 2.05) is 26.0 Å². The van der Waals surface area contributed by atoms with Crippen LogP contribution in [0.25, 0.3) is 0 Å². The fourth-order valence-corrected chi connectivity index (χ4v) is 3.58. The van der Waals surface area contributed by atoms with Crippen molar-refractivity contribution in [2.24, 2.45) is 0 Å². The van der Waals surface area contributed by atoms with E-state index in [1.165, 1.54) is 0 Å². The van der Waals surface area contributed by atoms with Crippen LogP contribution in [0.3, 0.4) is 0 Å². The fourth-order valence-electron chi connectivity index (χ4n) is 2.06. The van der Waals surface area contributed by atoms with Gasteiger partial charge < -0.3 is 20.0 Å². The Kier molecular flexibility index (Phi) is 9.80. The Morgan fingerprint density at radius 2 is 1.79 bits per heavy atom. The topological polar surface area (TPSA) is 149 Å². The first-order chi connectivity index (χ1) is 13.0. The molecule has 0 aliphatic carbocycles. The van der Waals surface area contributed by atoms with E-state index in [0.29, 0.717) is 18.5 Å². The van der Waals surface area contributed by atoms with Gasteiger partial charge in [-0.15, -0.1) is 0 Å². The number of benzene rings is 1. The van der Waals surface area contributed by atoms with E-state index in [0.717, 1.165) is 23.3 Å². The van der Waals surface area contributed by atoms with Crippen molar-refractivity contribution in [3.8, 4) is 6.07 Å². The quantitative estimate of drug-likeness (QED) is 0.303. The third-order valence-electron chi connectivity index (χ3n) is 3.50. The van der Waals surface area contributed by atoms with Gasteiger partial charge in [0.2, 0.25) is 0 Å². The van der Waals surface area contributed by atoms with E-state index < -0.39 is 15.6 Å². The van der Waals surface area contributed by atoms with Gasteiger partial charge in [0, 0.05) is 12.2 Å². The number of allylic oxidation sites excluding steroid dienone is 2. The minimum Gasteiger partial charge on any atom is -0.381 e. The molecule has 1 aromatic rings. The van der Waals surface area contributed by atoms with Crippen molar-refractivity contribution in [1.82, 2.24) is 0 Å². The third kappa shape index (κ3) is 11.2. The summed E-state index contributed by atoms with van der Waals surface area (Å²) in [6, 6.07) is 9.24. The normalized spacial score (nSPS) is 15.0. The fraction of sp³-hybridized carbons (Fsp3) is 0.353. The van der Waals surface area contributed by atoms with Gasteiger partial charge in [-0.1, -0.05) is 23.3 Å². The number of nitrogens with zero attached hydrogens (tertiary/aromatic N) is 1. The maximum Gasteiger partial charge on any atom is 0.481 e. The molecular weight excluding hydrogens is 406 g/mol. The Labute approximate surface area is 164 Å². The van der Waals surface area contributed by atoms with Gasteiger partial charge >= 0.3 is 15.6 Å². The van der Waals surface area contributed by atoms with Gasteiger partial charge in [-0.3, -0.25) is 4.52 Å². The molecule has 154 valence electrons. The van der Waals surface area contributed by atoms with Crippen molar-refractivity contribution in [2.45, 2.75) is 26.7 Å². The van der Waals surface area contributed by atoms with Crippen molar-refractivity contribution in [3.63, 3.8) is 0 Å². The van der Waals surface area contributed by atoms with Gasteiger partial charge in [0.05, 0.1) is 18.2 Å². The van der Waals surface area contributed by atoms with Gasteiger partial charge in [0.15, 0.2) is 0 Å². The zero-order valence-electron chi connectivity index (χ0n) is 15.6. The highest BCUT2D eigenvalue weighted by Crippen LogP contribution is 2.57. The molecule has 1 atom stereocenters. The molecule has 0 bridgehead atoms. The molecule has 0 saturated carbocycles. The van der Waals surface area contributed by atoms with Crippen LogP contribution in [0.15, 0.2) is 47.6 Å². The monoisotopic (exact) mass is 430 g/mol. The summed E-state index contributed by atoms with van der Waals surface area (Å²) < 4.78 is 30.0. The Morgan fingerprint density at radius 3 is 2.36 bits per heavy atom. The molecule has 0 amide bonds. The predicted octanol–water partition coefficient (Wildman–Crippen LogP) is 3.87. The highest BCUT2D eigenvalue weighted by Gasteiger charge is 2.31. The van der Waals surface area contributed by atoms with Crippen LogP contribution >= 0.6 is 15.6 Å². The van der Waals surface area contributed by atoms with Crippen LogP contribution in [0, 0.1) is 11.3 Å². The van der Waals surface area contributed by atoms with E-state index in [2.05, 4.69) is 26.3 Å². The number of nitrogens with one attached hydrogen (secondary N) is 1. The first-order valence-electron chi connectivity index (χ1n) is 8.30. The molecule has 4 N–H and O–H groups in total. The summed E-state index contributed by atoms with van der Waals surface area (Å²) in [5.41, 5.74) is 3.55. The lowest BCUT2D eigenvalue weighted by Crippen LogP contribution is -2.02. The molecule has 0 heterocycles. The number of anilines is 1. The molecule has 0 saturated heterocycles. The second kappa shape index (κ2) is 11.3. The number of phosphoric ester groups is 1. The van der Waals surface area contributed by atoms with Crippen molar-refractivity contribution in [2.75, 3.05) is 18.5 Å². The number of hydrogen-bond acceptors (Lipinski definition) is 6. The summed E-state index contributed by atoms with van der Waals surface area (Å²) in [7, 11) is -9.90. The van der Waals surface area contributed by atoms with Gasteiger partial charge in [0.1, 0.15) is 0 Å². The zero-order valence-corrected chi connectivity index (χ0v) is 17.4. The minimum absolute atomic E-state index is 0.303. The summed E-state index contributed by atoms with van der Waals surface area (Å²) in [6.07, 6.45) is 5.04. The molecule has 0 aliphatic rings. The second-order valence-electron chi connectivity index (χ2n) is 6.02. The van der Waals surface area contributed by atoms with Crippen molar-refractivity contribution in [3.05, 3.63) is 53.1 Å². The molecule has 0 spiro atoms. The van der Waals surface area contributed by atoms with Crippen molar-refractivity contribution >= 4 is 21.3 Å². The van der Waals surface area contributed by atoms with E-state index >= 15 is 0 Å². The van der Waals surface area contributed by atoms with Gasteiger partial charge in [-0.05, 0) is 51.0 Å². The van der Waals surface area contributed by atoms with Gasteiger partial charge in [-0.25, -0.2) is 9.13 Å². The minimum atomic E-state index is -5.10. The molecule has 0 aromatic heterocycles. The first kappa shape index (κ1) is 24.3. The zero-order chi connectivity index (χ0) is 21.2. The van der Waals surface area contributed by atoms with Crippen molar-refractivity contribution in [1.29, 1.82) is 5.26 Å². The Balaban J connectivity index is 2.35. The maximum atomic E-state index is 11.3. The van der Waals surface area contributed by atoms with Crippen LogP contribution < -0.4 is 5.32 Å². The predicted molar refractivity (Wildman–Crippen MR) is 105 cm³/mol. The van der Waals surface area contributed by atoms with Crippen LogP contribution in [0.4, 0.5) is 5.69 Å². The molecule has 9 nitrogen and oxygen atoms in total. The van der Waals surface area contributed by atoms with Crippen LogP contribution in [0.1, 0.15) is 32.3 Å².